The number of benzene rings is 2. The first kappa shape index (κ1) is 21.7. The fourth-order valence-electron chi connectivity index (χ4n) is 2.68. The van der Waals surface area contributed by atoms with Gasteiger partial charge in [-0.25, -0.2) is 0 Å². The van der Waals surface area contributed by atoms with E-state index in [0.717, 1.165) is 23.5 Å². The van der Waals surface area contributed by atoms with E-state index in [2.05, 4.69) is 29.6 Å². The van der Waals surface area contributed by atoms with Gasteiger partial charge in [0.05, 0.1) is 6.21 Å². The van der Waals surface area contributed by atoms with Crippen molar-refractivity contribution in [1.29, 1.82) is 0 Å². The summed E-state index contributed by atoms with van der Waals surface area (Å²) in [5.41, 5.74) is 10.1. The topological polar surface area (TPSA) is 68.9 Å². The average molecular weight is 400 g/mol. The molecule has 0 heterocycles. The van der Waals surface area contributed by atoms with Crippen LogP contribution in [0.25, 0.3) is 0 Å². The van der Waals surface area contributed by atoms with E-state index in [9.17, 15) is 0 Å². The van der Waals surface area contributed by atoms with Crippen molar-refractivity contribution < 1.29 is 9.47 Å². The molecule has 0 unspecified atom stereocenters. The smallest absolute Gasteiger partial charge is 0.184 e. The van der Waals surface area contributed by atoms with Gasteiger partial charge < -0.3 is 15.2 Å². The lowest BCUT2D eigenvalue weighted by Gasteiger charge is -2.09. The Morgan fingerprint density at radius 3 is 2.50 bits per heavy atom. The van der Waals surface area contributed by atoms with Crippen molar-refractivity contribution in [3.63, 3.8) is 0 Å². The predicted octanol–water partition coefficient (Wildman–Crippen LogP) is 4.43. The molecular formula is C22H29N3O2S. The highest BCUT2D eigenvalue weighted by Crippen LogP contribution is 2.15. The van der Waals surface area contributed by atoms with Gasteiger partial charge in [0.25, 0.3) is 0 Å². The Bertz CT molecular complexity index is 748. The molecule has 0 atom stereocenters. The Labute approximate surface area is 172 Å². The van der Waals surface area contributed by atoms with E-state index in [1.54, 1.807) is 6.21 Å². The van der Waals surface area contributed by atoms with E-state index in [4.69, 9.17) is 27.4 Å². The van der Waals surface area contributed by atoms with Crippen molar-refractivity contribution in [3.05, 3.63) is 59.7 Å². The molecule has 0 aliphatic rings. The fraction of sp³-hybridized carbons (Fsp3) is 0.364. The first-order valence-electron chi connectivity index (χ1n) is 9.70. The summed E-state index contributed by atoms with van der Waals surface area (Å²) >= 11 is 4.70. The molecule has 0 aromatic heterocycles. The van der Waals surface area contributed by atoms with E-state index in [1.807, 2.05) is 36.4 Å². The normalized spacial score (nSPS) is 10.8. The van der Waals surface area contributed by atoms with Crippen LogP contribution in [0, 0.1) is 0 Å². The van der Waals surface area contributed by atoms with Gasteiger partial charge in [-0.05, 0) is 60.5 Å². The highest BCUT2D eigenvalue weighted by molar-refractivity contribution is 7.80. The van der Waals surface area contributed by atoms with Gasteiger partial charge in [0.1, 0.15) is 24.7 Å². The molecule has 0 fully saturated rings. The van der Waals surface area contributed by atoms with Gasteiger partial charge in [0.15, 0.2) is 5.11 Å². The van der Waals surface area contributed by atoms with E-state index >= 15 is 0 Å². The van der Waals surface area contributed by atoms with Crippen LogP contribution in [-0.2, 0) is 6.42 Å². The van der Waals surface area contributed by atoms with Crippen molar-refractivity contribution in [2.45, 2.75) is 39.0 Å². The molecule has 28 heavy (non-hydrogen) atoms. The quantitative estimate of drug-likeness (QED) is 0.239. The molecule has 3 N–H and O–H groups in total. The number of hydrogen-bond acceptors (Lipinski definition) is 4. The Kier molecular flexibility index (Phi) is 9.86. The van der Waals surface area contributed by atoms with Gasteiger partial charge in [-0.1, -0.05) is 50.5 Å². The van der Waals surface area contributed by atoms with Crippen LogP contribution in [0.15, 0.2) is 53.6 Å². The molecule has 5 nitrogen and oxygen atoms in total. The van der Waals surface area contributed by atoms with Crippen LogP contribution < -0.4 is 20.6 Å². The monoisotopic (exact) mass is 399 g/mol. The zero-order valence-corrected chi connectivity index (χ0v) is 17.2. The van der Waals surface area contributed by atoms with Crippen LogP contribution in [0.4, 0.5) is 0 Å². The summed E-state index contributed by atoms with van der Waals surface area (Å²) in [6, 6.07) is 15.9. The molecule has 0 radical (unpaired) electrons. The van der Waals surface area contributed by atoms with E-state index in [0.29, 0.717) is 13.2 Å². The van der Waals surface area contributed by atoms with Crippen LogP contribution in [0.2, 0.25) is 0 Å². The van der Waals surface area contributed by atoms with Gasteiger partial charge >= 0.3 is 0 Å². The lowest BCUT2D eigenvalue weighted by Crippen LogP contribution is -2.23. The summed E-state index contributed by atoms with van der Waals surface area (Å²) in [6.07, 6.45) is 7.90. The first-order chi connectivity index (χ1) is 13.7. The van der Waals surface area contributed by atoms with Gasteiger partial charge in [0, 0.05) is 0 Å². The number of ether oxygens (including phenoxy) is 2. The molecule has 0 saturated carbocycles. The summed E-state index contributed by atoms with van der Waals surface area (Å²) in [5, 5.41) is 4.06. The minimum Gasteiger partial charge on any atom is -0.490 e. The SMILES string of the molecule is CCCCCCc1ccc(OCCOc2cccc(C=NNC(N)=S)c2)cc1. The number of thiocarbonyl (C=S) groups is 1. The van der Waals surface area contributed by atoms with Crippen molar-refractivity contribution in [1.82, 2.24) is 5.43 Å². The van der Waals surface area contributed by atoms with E-state index in [1.165, 1.54) is 31.2 Å². The Morgan fingerprint density at radius 2 is 1.79 bits per heavy atom. The lowest BCUT2D eigenvalue weighted by molar-refractivity contribution is 0.217. The molecule has 0 aliphatic heterocycles. The minimum atomic E-state index is 0.130. The second kappa shape index (κ2) is 12.7. The van der Waals surface area contributed by atoms with Crippen LogP contribution in [0.5, 0.6) is 11.5 Å². The summed E-state index contributed by atoms with van der Waals surface area (Å²) in [4.78, 5) is 0. The standard InChI is InChI=1S/C22H29N3O2S/c1-2-3-4-5-7-18-10-12-20(13-11-18)26-14-15-27-21-9-6-8-19(16-21)17-24-25-22(23)28/h6,8-13,16-17H,2-5,7,14-15H2,1H3,(H3,23,25,28). The number of nitrogens with two attached hydrogens (primary N) is 1. The predicted molar refractivity (Wildman–Crippen MR) is 119 cm³/mol. The van der Waals surface area contributed by atoms with Gasteiger partial charge in [-0.2, -0.15) is 5.10 Å². The Balaban J connectivity index is 1.69. The molecule has 0 spiro atoms. The molecule has 2 rings (SSSR count). The summed E-state index contributed by atoms with van der Waals surface area (Å²) in [5.74, 6) is 1.62. The maximum atomic E-state index is 5.76. The fourth-order valence-corrected chi connectivity index (χ4v) is 2.74. The first-order valence-corrected chi connectivity index (χ1v) is 10.1. The molecule has 0 saturated heterocycles. The average Bonchev–Trinajstić information content (AvgIpc) is 2.70. The zero-order chi connectivity index (χ0) is 20.0. The van der Waals surface area contributed by atoms with Gasteiger partial charge in [-0.15, -0.1) is 0 Å². The molecular weight excluding hydrogens is 370 g/mol. The number of nitrogens with zero attached hydrogens (tertiary/aromatic N) is 1. The molecule has 2 aromatic rings. The summed E-state index contributed by atoms with van der Waals surface area (Å²) in [6.45, 7) is 3.18. The molecule has 0 aliphatic carbocycles. The lowest BCUT2D eigenvalue weighted by atomic mass is 10.1. The van der Waals surface area contributed by atoms with Crippen LogP contribution in [0.1, 0.15) is 43.7 Å². The maximum Gasteiger partial charge on any atom is 0.184 e. The Hall–Kier alpha value is -2.60. The number of unbranched alkanes of at least 4 members (excludes halogenated alkanes) is 3. The third kappa shape index (κ3) is 8.86. The molecule has 0 bridgehead atoms. The van der Waals surface area contributed by atoms with Gasteiger partial charge in [0.2, 0.25) is 0 Å². The molecule has 150 valence electrons. The van der Waals surface area contributed by atoms with Crippen LogP contribution in [0.3, 0.4) is 0 Å². The second-order valence-electron chi connectivity index (χ2n) is 6.46. The van der Waals surface area contributed by atoms with Crippen molar-refractivity contribution in [2.24, 2.45) is 10.8 Å². The number of hydrogen-bond donors (Lipinski definition) is 2. The summed E-state index contributed by atoms with van der Waals surface area (Å²) < 4.78 is 11.5. The second-order valence-corrected chi connectivity index (χ2v) is 6.90. The number of rotatable bonds is 12. The van der Waals surface area contributed by atoms with E-state index < -0.39 is 0 Å². The molecule has 2 aromatic carbocycles. The number of hydrazone groups is 1. The summed E-state index contributed by atoms with van der Waals surface area (Å²) in [7, 11) is 0. The zero-order valence-electron chi connectivity index (χ0n) is 16.4. The molecule has 0 amide bonds. The van der Waals surface area contributed by atoms with Crippen LogP contribution >= 0.6 is 12.2 Å². The van der Waals surface area contributed by atoms with Crippen molar-refractivity contribution >= 4 is 23.5 Å². The van der Waals surface area contributed by atoms with Crippen molar-refractivity contribution in [3.8, 4) is 11.5 Å². The van der Waals surface area contributed by atoms with Gasteiger partial charge in [-0.3, -0.25) is 5.43 Å². The maximum absolute atomic E-state index is 5.76. The number of aryl methyl sites for hydroxylation is 1. The molecule has 6 heteroatoms. The van der Waals surface area contributed by atoms with Crippen LogP contribution in [-0.4, -0.2) is 24.5 Å². The van der Waals surface area contributed by atoms with E-state index in [-0.39, 0.29) is 5.11 Å². The highest BCUT2D eigenvalue weighted by atomic mass is 32.1. The van der Waals surface area contributed by atoms with Crippen molar-refractivity contribution in [2.75, 3.05) is 13.2 Å². The highest BCUT2D eigenvalue weighted by Gasteiger charge is 1.99. The minimum absolute atomic E-state index is 0.130. The largest absolute Gasteiger partial charge is 0.490 e. The third-order valence-corrected chi connectivity index (χ3v) is 4.20. The number of nitrogens with one attached hydrogen (secondary N) is 1. The third-order valence-electron chi connectivity index (χ3n) is 4.11. The Morgan fingerprint density at radius 1 is 1.04 bits per heavy atom.